The number of carbonyl (C=O) groups is 2. The van der Waals surface area contributed by atoms with Gasteiger partial charge in [0.05, 0.1) is 24.8 Å². The van der Waals surface area contributed by atoms with Crippen molar-refractivity contribution in [3.8, 4) is 17.2 Å². The van der Waals surface area contributed by atoms with Crippen LogP contribution in [0.1, 0.15) is 68.3 Å². The molecule has 2 aliphatic rings. The number of ether oxygens (including phenoxy) is 3. The fourth-order valence-corrected chi connectivity index (χ4v) is 7.95. The molecule has 2 unspecified atom stereocenters. The first-order valence-electron chi connectivity index (χ1n) is 16.0. The Labute approximate surface area is 292 Å². The van der Waals surface area contributed by atoms with Crippen molar-refractivity contribution in [3.05, 3.63) is 93.5 Å². The Morgan fingerprint density at radius 2 is 1.90 bits per heavy atom. The summed E-state index contributed by atoms with van der Waals surface area (Å²) in [6, 6.07) is 17.2. The number of Topliss-reactive ketones (excluding diaryl/α,β-unsaturated/α-hetero) is 1. The van der Waals surface area contributed by atoms with E-state index in [-0.39, 0.29) is 22.6 Å². The van der Waals surface area contributed by atoms with Crippen molar-refractivity contribution in [2.75, 3.05) is 18.1 Å². The summed E-state index contributed by atoms with van der Waals surface area (Å²) in [7, 11) is 0. The van der Waals surface area contributed by atoms with Gasteiger partial charge in [0.1, 0.15) is 17.6 Å². The SMILES string of the molecule is CCCCCOc1ccc(C2C(=C(O)c3ccc4c(c3)CC(C)O4)C(=O)C(=O)N2c2nnc(SCc3ccccc3Cl)s2)cc1OCC. The molecule has 12 heteroatoms. The molecule has 48 heavy (non-hydrogen) atoms. The molecule has 6 rings (SSSR count). The van der Waals surface area contributed by atoms with E-state index in [1.54, 1.807) is 30.3 Å². The molecular weight excluding hydrogens is 670 g/mol. The first-order valence-corrected chi connectivity index (χ1v) is 18.2. The number of halogens is 1. The summed E-state index contributed by atoms with van der Waals surface area (Å²) in [5.74, 6) is 0.428. The maximum atomic E-state index is 13.9. The Morgan fingerprint density at radius 1 is 1.06 bits per heavy atom. The molecule has 0 saturated carbocycles. The number of amides is 1. The van der Waals surface area contributed by atoms with Crippen molar-refractivity contribution < 1.29 is 28.9 Å². The second-order valence-electron chi connectivity index (χ2n) is 11.5. The Balaban J connectivity index is 1.40. The molecule has 4 aromatic rings. The van der Waals surface area contributed by atoms with Crippen LogP contribution in [0.15, 0.2) is 70.6 Å². The number of ketones is 1. The molecule has 3 aromatic carbocycles. The number of aliphatic hydroxyl groups is 1. The first kappa shape index (κ1) is 33.8. The minimum Gasteiger partial charge on any atom is -0.507 e. The van der Waals surface area contributed by atoms with Crippen LogP contribution in [-0.2, 0) is 21.8 Å². The number of fused-ring (bicyclic) bond motifs is 1. The van der Waals surface area contributed by atoms with Crippen LogP contribution in [0.4, 0.5) is 5.13 Å². The van der Waals surface area contributed by atoms with Crippen molar-refractivity contribution >= 4 is 57.3 Å². The van der Waals surface area contributed by atoms with Crippen LogP contribution in [-0.4, -0.2) is 46.3 Å². The number of aromatic nitrogens is 2. The molecule has 9 nitrogen and oxygen atoms in total. The molecule has 2 atom stereocenters. The third-order valence-electron chi connectivity index (χ3n) is 8.11. The summed E-state index contributed by atoms with van der Waals surface area (Å²) < 4.78 is 18.5. The van der Waals surface area contributed by atoms with Crippen LogP contribution in [0, 0.1) is 0 Å². The molecule has 3 heterocycles. The lowest BCUT2D eigenvalue weighted by atomic mass is 9.94. The maximum absolute atomic E-state index is 13.9. The van der Waals surface area contributed by atoms with Gasteiger partial charge in [0.25, 0.3) is 5.78 Å². The van der Waals surface area contributed by atoms with Gasteiger partial charge in [0.2, 0.25) is 5.13 Å². The molecule has 1 amide bonds. The quantitative estimate of drug-likeness (QED) is 0.0366. The summed E-state index contributed by atoms with van der Waals surface area (Å²) >= 11 is 8.98. The van der Waals surface area contributed by atoms with E-state index in [2.05, 4.69) is 17.1 Å². The molecule has 0 radical (unpaired) electrons. The molecule has 1 aromatic heterocycles. The van der Waals surface area contributed by atoms with Gasteiger partial charge in [0.15, 0.2) is 15.8 Å². The standard InChI is InChI=1S/C36H36ClN3O6S2/c1-4-6-9-16-45-28-15-12-22(19-29(28)44-5-2)31-30(32(41)23-13-14-27-25(18-23)17-21(3)46-27)33(42)34(43)40(31)35-38-39-36(48-35)47-20-24-10-7-8-11-26(24)37/h7-8,10-15,18-19,21,31,41H,4-6,9,16-17,20H2,1-3H3. The van der Waals surface area contributed by atoms with Crippen molar-refractivity contribution in [2.24, 2.45) is 0 Å². The highest BCUT2D eigenvalue weighted by atomic mass is 35.5. The molecule has 0 bridgehead atoms. The van der Waals surface area contributed by atoms with E-state index in [1.165, 1.54) is 28.0 Å². The molecule has 2 aliphatic heterocycles. The van der Waals surface area contributed by atoms with Crippen LogP contribution in [0.5, 0.6) is 17.2 Å². The van der Waals surface area contributed by atoms with E-state index < -0.39 is 17.7 Å². The van der Waals surface area contributed by atoms with E-state index in [9.17, 15) is 14.7 Å². The highest BCUT2D eigenvalue weighted by Crippen LogP contribution is 2.46. The van der Waals surface area contributed by atoms with E-state index >= 15 is 0 Å². The largest absolute Gasteiger partial charge is 0.507 e. The van der Waals surface area contributed by atoms with Gasteiger partial charge in [-0.1, -0.05) is 78.7 Å². The molecular formula is C36H36ClN3O6S2. The normalized spacial score (nSPS) is 18.2. The van der Waals surface area contributed by atoms with Crippen LogP contribution >= 0.6 is 34.7 Å². The summed E-state index contributed by atoms with van der Waals surface area (Å²) in [6.45, 7) is 6.90. The smallest absolute Gasteiger partial charge is 0.301 e. The Bertz CT molecular complexity index is 1860. The number of nitrogens with zero attached hydrogens (tertiary/aromatic N) is 3. The van der Waals surface area contributed by atoms with E-state index in [1.807, 2.05) is 44.2 Å². The number of hydrogen-bond acceptors (Lipinski definition) is 10. The molecule has 1 fully saturated rings. The number of unbranched alkanes of at least 4 members (excludes halogenated alkanes) is 2. The minimum atomic E-state index is -1.00. The van der Waals surface area contributed by atoms with Gasteiger partial charge in [-0.15, -0.1) is 10.2 Å². The van der Waals surface area contributed by atoms with Gasteiger partial charge >= 0.3 is 5.91 Å². The van der Waals surface area contributed by atoms with E-state index in [0.29, 0.717) is 57.4 Å². The van der Waals surface area contributed by atoms with Gasteiger partial charge in [-0.25, -0.2) is 0 Å². The molecule has 0 aliphatic carbocycles. The third-order valence-corrected chi connectivity index (χ3v) is 10.6. The average Bonchev–Trinajstić information content (AvgIpc) is 3.77. The predicted molar refractivity (Wildman–Crippen MR) is 189 cm³/mol. The minimum absolute atomic E-state index is 0.00468. The monoisotopic (exact) mass is 705 g/mol. The lowest BCUT2D eigenvalue weighted by Gasteiger charge is -2.23. The lowest BCUT2D eigenvalue weighted by molar-refractivity contribution is -0.132. The van der Waals surface area contributed by atoms with Crippen LogP contribution in [0.2, 0.25) is 5.02 Å². The van der Waals surface area contributed by atoms with Gasteiger partial charge in [0, 0.05) is 22.8 Å². The van der Waals surface area contributed by atoms with Gasteiger partial charge < -0.3 is 19.3 Å². The number of thioether (sulfide) groups is 1. The average molecular weight is 706 g/mol. The highest BCUT2D eigenvalue weighted by Gasteiger charge is 2.48. The number of hydrogen-bond donors (Lipinski definition) is 1. The lowest BCUT2D eigenvalue weighted by Crippen LogP contribution is -2.29. The second-order valence-corrected chi connectivity index (χ2v) is 14.1. The third kappa shape index (κ3) is 7.04. The summed E-state index contributed by atoms with van der Waals surface area (Å²) in [6.07, 6.45) is 3.70. The summed E-state index contributed by atoms with van der Waals surface area (Å²) in [5.41, 5.74) is 2.79. The Kier molecular flexibility index (Phi) is 10.6. The number of anilines is 1. The fourth-order valence-electron chi connectivity index (χ4n) is 5.80. The number of rotatable bonds is 13. The molecule has 250 valence electrons. The van der Waals surface area contributed by atoms with Crippen molar-refractivity contribution in [3.63, 3.8) is 0 Å². The first-order chi connectivity index (χ1) is 23.3. The second kappa shape index (κ2) is 15.0. The number of benzene rings is 3. The van der Waals surface area contributed by atoms with Crippen molar-refractivity contribution in [2.45, 2.75) is 68.7 Å². The fraction of sp³-hybridized carbons (Fsp3) is 0.333. The zero-order chi connectivity index (χ0) is 33.8. The topological polar surface area (TPSA) is 111 Å². The van der Waals surface area contributed by atoms with Crippen LogP contribution in [0.25, 0.3) is 5.76 Å². The van der Waals surface area contributed by atoms with Gasteiger partial charge in [-0.05, 0) is 73.4 Å². The van der Waals surface area contributed by atoms with Gasteiger partial charge in [-0.3, -0.25) is 14.5 Å². The Morgan fingerprint density at radius 3 is 2.69 bits per heavy atom. The van der Waals surface area contributed by atoms with Crippen LogP contribution < -0.4 is 19.1 Å². The predicted octanol–water partition coefficient (Wildman–Crippen LogP) is 8.40. The maximum Gasteiger partial charge on any atom is 0.301 e. The molecule has 0 spiro atoms. The van der Waals surface area contributed by atoms with E-state index in [0.717, 1.165) is 36.1 Å². The number of aliphatic hydroxyl groups excluding tert-OH is 1. The van der Waals surface area contributed by atoms with Crippen LogP contribution in [0.3, 0.4) is 0 Å². The highest BCUT2D eigenvalue weighted by molar-refractivity contribution is 8.00. The number of carbonyl (C=O) groups excluding carboxylic acids is 2. The zero-order valence-corrected chi connectivity index (χ0v) is 29.3. The molecule has 1 saturated heterocycles. The van der Waals surface area contributed by atoms with E-state index in [4.69, 9.17) is 25.8 Å². The summed E-state index contributed by atoms with van der Waals surface area (Å²) in [4.78, 5) is 29.0. The Hall–Kier alpha value is -4.06. The van der Waals surface area contributed by atoms with Gasteiger partial charge in [-0.2, -0.15) is 0 Å². The summed E-state index contributed by atoms with van der Waals surface area (Å²) in [5, 5.41) is 21.3. The zero-order valence-electron chi connectivity index (χ0n) is 26.9. The molecule has 1 N–H and O–H groups in total. The van der Waals surface area contributed by atoms with Crippen molar-refractivity contribution in [1.29, 1.82) is 0 Å². The van der Waals surface area contributed by atoms with Crippen molar-refractivity contribution in [1.82, 2.24) is 10.2 Å².